The normalized spacial score (nSPS) is 25.8. The summed E-state index contributed by atoms with van der Waals surface area (Å²) in [6, 6.07) is 6.35. The SMILES string of the molecule is C#Cc1c(F)ccc2cc(O)cc(-c3ncc4c(N5CCOC[C@@](C)(O)C5)nc(OCC56CCCC5N(C5CC7(C5)CS(=O)C7)CCC6)nc4c3F)c12.CC.CC.CC.CCC.CCC.CS. The van der Waals surface area contributed by atoms with Gasteiger partial charge in [-0.05, 0) is 87.2 Å². The lowest BCUT2D eigenvalue weighted by Gasteiger charge is -2.60. The van der Waals surface area contributed by atoms with Crippen LogP contribution in [0, 0.1) is 34.8 Å². The molecule has 10 nitrogen and oxygen atoms in total. The number of hydrogen-bond donors (Lipinski definition) is 3. The average molecular weight is 970 g/mol. The van der Waals surface area contributed by atoms with E-state index in [0.29, 0.717) is 48.4 Å². The van der Waals surface area contributed by atoms with Crippen LogP contribution in [0.2, 0.25) is 0 Å². The van der Waals surface area contributed by atoms with Crippen LogP contribution in [0.25, 0.3) is 32.9 Å². The molecule has 374 valence electrons. The van der Waals surface area contributed by atoms with Gasteiger partial charge in [0.05, 0.1) is 37.3 Å². The van der Waals surface area contributed by atoms with Crippen LogP contribution in [0.3, 0.4) is 0 Å². The number of fused-ring (bicyclic) bond motifs is 3. The number of phenols is 1. The lowest BCUT2D eigenvalue weighted by atomic mass is 9.64. The van der Waals surface area contributed by atoms with E-state index in [-0.39, 0.29) is 63.5 Å². The van der Waals surface area contributed by atoms with Crippen molar-refractivity contribution in [2.45, 2.75) is 152 Å². The van der Waals surface area contributed by atoms with Crippen molar-refractivity contribution in [2.75, 3.05) is 62.1 Å². The summed E-state index contributed by atoms with van der Waals surface area (Å²) in [6.45, 7) is 24.6. The molecule has 2 aromatic carbocycles. The van der Waals surface area contributed by atoms with E-state index in [1.54, 1.807) is 13.2 Å². The molecule has 2 saturated carbocycles. The fourth-order valence-corrected chi connectivity index (χ4v) is 11.8. The van der Waals surface area contributed by atoms with Crippen LogP contribution in [0.4, 0.5) is 14.6 Å². The minimum atomic E-state index is -1.20. The minimum Gasteiger partial charge on any atom is -0.508 e. The number of piperidine rings is 1. The van der Waals surface area contributed by atoms with Crippen molar-refractivity contribution in [2.24, 2.45) is 10.8 Å². The van der Waals surface area contributed by atoms with Crippen molar-refractivity contribution in [3.63, 3.8) is 0 Å². The monoisotopic (exact) mass is 970 g/mol. The Hall–Kier alpha value is -3.61. The topological polar surface area (TPSA) is 121 Å². The van der Waals surface area contributed by atoms with E-state index in [4.69, 9.17) is 20.9 Å². The molecular formula is C53H81F2N5O5S2. The number of likely N-dealkylation sites (tertiary alicyclic amines) is 1. The molecule has 5 heterocycles. The number of thiol groups is 1. The number of benzene rings is 2. The van der Waals surface area contributed by atoms with Gasteiger partial charge in [-0.15, -0.1) is 6.42 Å². The van der Waals surface area contributed by atoms with Gasteiger partial charge in [0.25, 0.3) is 0 Å². The van der Waals surface area contributed by atoms with E-state index >= 15 is 4.39 Å². The third-order valence-electron chi connectivity index (χ3n) is 12.4. The zero-order valence-corrected chi connectivity index (χ0v) is 44.3. The second kappa shape index (κ2) is 27.0. The fraction of sp³-hybridized carbons (Fsp3) is 0.642. The third kappa shape index (κ3) is 13.2. The minimum absolute atomic E-state index is 0.0150. The number of hydrogen-bond acceptors (Lipinski definition) is 11. The number of phenolic OH excluding ortho intramolecular Hbond substituents is 1. The molecular weight excluding hydrogens is 889 g/mol. The predicted molar refractivity (Wildman–Crippen MR) is 279 cm³/mol. The van der Waals surface area contributed by atoms with Gasteiger partial charge < -0.3 is 24.6 Å². The number of aromatic nitrogens is 3. The first kappa shape index (κ1) is 57.7. The molecule has 3 atom stereocenters. The lowest BCUT2D eigenvalue weighted by molar-refractivity contribution is -0.0719. The first-order valence-electron chi connectivity index (χ1n) is 24.8. The highest BCUT2D eigenvalue weighted by atomic mass is 32.2. The Balaban J connectivity index is 0.000000773. The highest BCUT2D eigenvalue weighted by Crippen LogP contribution is 2.55. The molecule has 67 heavy (non-hydrogen) atoms. The van der Waals surface area contributed by atoms with E-state index in [0.717, 1.165) is 63.0 Å². The summed E-state index contributed by atoms with van der Waals surface area (Å²) in [5, 5.41) is 22.7. The molecule has 2 N–H and O–H groups in total. The van der Waals surface area contributed by atoms with Gasteiger partial charge in [0.1, 0.15) is 34.2 Å². The molecule has 9 rings (SSSR count). The third-order valence-corrected chi connectivity index (χ3v) is 14.3. The quantitative estimate of drug-likeness (QED) is 0.127. The van der Waals surface area contributed by atoms with Crippen molar-refractivity contribution in [3.8, 4) is 35.4 Å². The number of nitrogens with zero attached hydrogens (tertiary/aromatic N) is 5. The number of aliphatic hydroxyl groups is 1. The van der Waals surface area contributed by atoms with E-state index in [1.807, 2.05) is 46.4 Å². The van der Waals surface area contributed by atoms with Crippen LogP contribution >= 0.6 is 12.6 Å². The smallest absolute Gasteiger partial charge is 0.319 e. The molecule has 5 fully saturated rings. The van der Waals surface area contributed by atoms with Gasteiger partial charge in [-0.1, -0.05) is 100 Å². The van der Waals surface area contributed by atoms with E-state index in [2.05, 4.69) is 61.1 Å². The Morgan fingerprint density at radius 2 is 1.63 bits per heavy atom. The molecule has 2 aliphatic carbocycles. The highest BCUT2D eigenvalue weighted by Gasteiger charge is 2.58. The summed E-state index contributed by atoms with van der Waals surface area (Å²) < 4.78 is 56.2. The van der Waals surface area contributed by atoms with Gasteiger partial charge in [0, 0.05) is 63.5 Å². The molecule has 4 aromatic rings. The van der Waals surface area contributed by atoms with Crippen molar-refractivity contribution in [1.29, 1.82) is 0 Å². The van der Waals surface area contributed by atoms with Gasteiger partial charge >= 0.3 is 6.01 Å². The number of halogens is 2. The number of β-amino-alcohol motifs (C(OH)–C–C–N with tert-alkyl or cyclic N) is 1. The van der Waals surface area contributed by atoms with Crippen LogP contribution < -0.4 is 9.64 Å². The Labute approximate surface area is 409 Å². The summed E-state index contributed by atoms with van der Waals surface area (Å²) in [6.07, 6.45) is 18.9. The molecule has 1 spiro atoms. The number of rotatable bonds is 6. The number of terminal acetylenes is 1. The first-order valence-corrected chi connectivity index (χ1v) is 27.2. The molecule has 5 aliphatic rings. The standard InChI is InChI=1S/C40H43F2N5O5S.2C3H8.3C2H6.CH4S/c1-3-27-30(41)8-7-24-14-26(48)15-28(32(24)27)34-33(42)35-29(18-43-34)36(46-12-13-51-20-38(2,49)19-46)45-37(44-35)52-21-40-9-4-6-31(40)47(11-5-10-40)25-16-39(17-25)22-53(50)23-39;2*1-3-2;4*1-2/h1,7-8,14-15,18,25,31,48-49H,4-6,9-13,16-17,19-23H2,2H3;2*3H2,1-2H3;3*1-2H3;2H,1H3/t25?,31?,38-,39?,40?,53?;;;;;;/m0....../s1. The van der Waals surface area contributed by atoms with Crippen molar-refractivity contribution >= 4 is 50.9 Å². The molecule has 3 saturated heterocycles. The predicted octanol–water partition coefficient (Wildman–Crippen LogP) is 11.8. The summed E-state index contributed by atoms with van der Waals surface area (Å²) in [7, 11) is -0.653. The van der Waals surface area contributed by atoms with Crippen LogP contribution in [0.5, 0.6) is 11.8 Å². The van der Waals surface area contributed by atoms with Gasteiger partial charge in [-0.3, -0.25) is 14.1 Å². The summed E-state index contributed by atoms with van der Waals surface area (Å²) >= 11 is 3.53. The second-order valence-corrected chi connectivity index (χ2v) is 19.2. The molecule has 3 aliphatic heterocycles. The Morgan fingerprint density at radius 1 is 0.985 bits per heavy atom. The first-order chi connectivity index (χ1) is 32.3. The van der Waals surface area contributed by atoms with E-state index in [1.165, 1.54) is 43.3 Å². The van der Waals surface area contributed by atoms with Crippen LogP contribution in [-0.2, 0) is 15.5 Å². The molecule has 0 bridgehead atoms. The maximum atomic E-state index is 17.1. The van der Waals surface area contributed by atoms with Crippen LogP contribution in [-0.4, -0.2) is 109 Å². The van der Waals surface area contributed by atoms with Crippen LogP contribution in [0.15, 0.2) is 30.5 Å². The van der Waals surface area contributed by atoms with Crippen molar-refractivity contribution < 1.29 is 32.7 Å². The number of pyridine rings is 1. The summed E-state index contributed by atoms with van der Waals surface area (Å²) in [5.74, 6) is 2.81. The molecule has 0 radical (unpaired) electrons. The molecule has 2 aromatic heterocycles. The van der Waals surface area contributed by atoms with Gasteiger partial charge in [0.2, 0.25) is 0 Å². The number of anilines is 1. The maximum Gasteiger partial charge on any atom is 0.319 e. The Kier molecular flexibility index (Phi) is 23.2. The second-order valence-electron chi connectivity index (χ2n) is 17.7. The van der Waals surface area contributed by atoms with Crippen LogP contribution in [0.1, 0.15) is 140 Å². The van der Waals surface area contributed by atoms with E-state index in [9.17, 15) is 18.8 Å². The molecule has 0 amide bonds. The number of ether oxygens (including phenoxy) is 2. The summed E-state index contributed by atoms with van der Waals surface area (Å²) in [4.78, 5) is 18.6. The van der Waals surface area contributed by atoms with Crippen molar-refractivity contribution in [1.82, 2.24) is 19.9 Å². The highest BCUT2D eigenvalue weighted by molar-refractivity contribution is 7.86. The Morgan fingerprint density at radius 3 is 2.25 bits per heavy atom. The largest absolute Gasteiger partial charge is 0.508 e. The maximum absolute atomic E-state index is 17.1. The van der Waals surface area contributed by atoms with E-state index < -0.39 is 28.0 Å². The number of aromatic hydroxyl groups is 1. The zero-order chi connectivity index (χ0) is 50.1. The molecule has 2 unspecified atom stereocenters. The van der Waals surface area contributed by atoms with Gasteiger partial charge in [0.15, 0.2) is 5.82 Å². The van der Waals surface area contributed by atoms with Crippen molar-refractivity contribution in [3.05, 3.63) is 47.7 Å². The lowest BCUT2D eigenvalue weighted by Crippen LogP contribution is -2.65. The Bertz CT molecular complexity index is 2240. The summed E-state index contributed by atoms with van der Waals surface area (Å²) in [5.41, 5.74) is -1.17. The van der Waals surface area contributed by atoms with Gasteiger partial charge in [-0.25, -0.2) is 8.78 Å². The van der Waals surface area contributed by atoms with Gasteiger partial charge in [-0.2, -0.15) is 22.6 Å². The fourth-order valence-electron chi connectivity index (χ4n) is 10.1. The molecule has 14 heteroatoms. The average Bonchev–Trinajstić information content (AvgIpc) is 3.66. The zero-order valence-electron chi connectivity index (χ0n) is 42.6.